The molecule has 1 aromatic carbocycles. The first kappa shape index (κ1) is 15.0. The number of nitrogens with one attached hydrogen (secondary N) is 3. The van der Waals surface area contributed by atoms with E-state index in [4.69, 9.17) is 4.42 Å². The van der Waals surface area contributed by atoms with E-state index in [1.54, 1.807) is 6.92 Å². The maximum absolute atomic E-state index is 12.1. The number of benzene rings is 1. The zero-order chi connectivity index (χ0) is 16.7. The van der Waals surface area contributed by atoms with Gasteiger partial charge in [0.05, 0.1) is 0 Å². The van der Waals surface area contributed by atoms with E-state index in [1.165, 1.54) is 0 Å². The average Bonchev–Trinajstić information content (AvgIpc) is 3.46. The maximum atomic E-state index is 12.1. The second-order valence-electron chi connectivity index (χ2n) is 6.61. The number of fused-ring (bicyclic) bond motifs is 1. The molecule has 3 N–H and O–H groups in total. The number of imide groups is 1. The number of rotatable bonds is 5. The molecule has 7 nitrogen and oxygen atoms in total. The zero-order valence-electron chi connectivity index (χ0n) is 13.5. The number of urea groups is 1. The molecule has 0 spiro atoms. The second kappa shape index (κ2) is 5.81. The number of amides is 3. The largest absolute Gasteiger partial charge is 0.440 e. The van der Waals surface area contributed by atoms with Crippen LogP contribution in [0.2, 0.25) is 0 Å². The van der Waals surface area contributed by atoms with Crippen LogP contribution in [0.25, 0.3) is 11.1 Å². The van der Waals surface area contributed by atoms with Crippen LogP contribution in [0.1, 0.15) is 44.4 Å². The average molecular weight is 328 g/mol. The molecule has 2 aromatic rings. The van der Waals surface area contributed by atoms with Gasteiger partial charge < -0.3 is 15.1 Å². The van der Waals surface area contributed by atoms with Gasteiger partial charge in [0.25, 0.3) is 0 Å². The summed E-state index contributed by atoms with van der Waals surface area (Å²) < 4.78 is 5.72. The molecule has 1 aromatic heterocycles. The molecule has 1 heterocycles. The molecule has 7 heteroatoms. The number of nitrogens with zero attached hydrogens (tertiary/aromatic N) is 1. The summed E-state index contributed by atoms with van der Waals surface area (Å²) in [4.78, 5) is 28.2. The van der Waals surface area contributed by atoms with E-state index in [-0.39, 0.29) is 11.9 Å². The highest BCUT2D eigenvalue weighted by Gasteiger charge is 2.29. The van der Waals surface area contributed by atoms with Crippen LogP contribution in [0.15, 0.2) is 22.6 Å². The lowest BCUT2D eigenvalue weighted by atomic mass is 10.2. The molecule has 0 radical (unpaired) electrons. The number of oxazole rings is 1. The van der Waals surface area contributed by atoms with Crippen molar-refractivity contribution >= 4 is 28.7 Å². The summed E-state index contributed by atoms with van der Waals surface area (Å²) in [5.41, 5.74) is 2.30. The van der Waals surface area contributed by atoms with E-state index in [0.717, 1.165) is 48.4 Å². The number of carbonyl (C=O) groups excluding carboxylic acids is 2. The van der Waals surface area contributed by atoms with E-state index in [1.807, 2.05) is 18.2 Å². The first-order valence-corrected chi connectivity index (χ1v) is 8.37. The molecule has 0 unspecified atom stereocenters. The van der Waals surface area contributed by atoms with Gasteiger partial charge in [-0.1, -0.05) is 0 Å². The molecule has 0 aliphatic heterocycles. The summed E-state index contributed by atoms with van der Waals surface area (Å²) in [6.07, 6.45) is 4.24. The predicted molar refractivity (Wildman–Crippen MR) is 88.8 cm³/mol. The Hall–Kier alpha value is -2.57. The van der Waals surface area contributed by atoms with E-state index < -0.39 is 12.1 Å². The van der Waals surface area contributed by atoms with E-state index >= 15 is 0 Å². The second-order valence-corrected chi connectivity index (χ2v) is 6.61. The lowest BCUT2D eigenvalue weighted by Gasteiger charge is -2.14. The zero-order valence-corrected chi connectivity index (χ0v) is 13.5. The molecule has 126 valence electrons. The van der Waals surface area contributed by atoms with E-state index in [2.05, 4.69) is 20.9 Å². The Morgan fingerprint density at radius 2 is 2.04 bits per heavy atom. The van der Waals surface area contributed by atoms with Crippen molar-refractivity contribution in [3.63, 3.8) is 0 Å². The Balaban J connectivity index is 1.38. The van der Waals surface area contributed by atoms with Crippen LogP contribution < -0.4 is 16.0 Å². The third-order valence-electron chi connectivity index (χ3n) is 4.26. The molecule has 1 atom stereocenters. The molecule has 2 fully saturated rings. The lowest BCUT2D eigenvalue weighted by molar-refractivity contribution is -0.120. The normalized spacial score (nSPS) is 18.2. The third kappa shape index (κ3) is 3.34. The molecule has 0 bridgehead atoms. The number of carbonyl (C=O) groups is 2. The number of hydrogen-bond acceptors (Lipinski definition) is 5. The number of aromatic nitrogens is 1. The van der Waals surface area contributed by atoms with Gasteiger partial charge in [0.15, 0.2) is 11.5 Å². The highest BCUT2D eigenvalue weighted by atomic mass is 16.3. The first-order chi connectivity index (χ1) is 11.6. The Labute approximate surface area is 139 Å². The van der Waals surface area contributed by atoms with Gasteiger partial charge in [0.1, 0.15) is 11.6 Å². The van der Waals surface area contributed by atoms with Crippen molar-refractivity contribution in [2.75, 3.05) is 5.32 Å². The quantitative estimate of drug-likeness (QED) is 0.783. The Bertz CT molecular complexity index is 792. The van der Waals surface area contributed by atoms with Gasteiger partial charge in [-0.3, -0.25) is 10.1 Å². The lowest BCUT2D eigenvalue weighted by Crippen LogP contribution is -2.46. The van der Waals surface area contributed by atoms with E-state index in [0.29, 0.717) is 5.92 Å². The molecule has 24 heavy (non-hydrogen) atoms. The standard InChI is InChI=1S/C17H20N4O3/c1-9(15(22)21-17(23)19-11-4-5-11)18-12-6-7-14-13(8-12)20-16(24-14)10-2-3-10/h6-11,18H,2-5H2,1H3,(H2,19,21,22,23)/t9-/m0/s1. The van der Waals surface area contributed by atoms with Crippen LogP contribution in [0.3, 0.4) is 0 Å². The third-order valence-corrected chi connectivity index (χ3v) is 4.26. The van der Waals surface area contributed by atoms with Gasteiger partial charge >= 0.3 is 6.03 Å². The minimum atomic E-state index is -0.540. The summed E-state index contributed by atoms with van der Waals surface area (Å²) in [6.45, 7) is 1.71. The molecular weight excluding hydrogens is 308 g/mol. The molecular formula is C17H20N4O3. The van der Waals surface area contributed by atoms with Gasteiger partial charge in [0, 0.05) is 17.6 Å². The van der Waals surface area contributed by atoms with Crippen LogP contribution in [0, 0.1) is 0 Å². The van der Waals surface area contributed by atoms with Crippen molar-refractivity contribution in [2.24, 2.45) is 0 Å². The van der Waals surface area contributed by atoms with Crippen molar-refractivity contribution < 1.29 is 14.0 Å². The molecule has 2 aliphatic rings. The Morgan fingerprint density at radius 1 is 1.25 bits per heavy atom. The smallest absolute Gasteiger partial charge is 0.321 e. The van der Waals surface area contributed by atoms with Crippen molar-refractivity contribution in [3.05, 3.63) is 24.1 Å². The minimum Gasteiger partial charge on any atom is -0.440 e. The Morgan fingerprint density at radius 3 is 2.75 bits per heavy atom. The molecule has 0 saturated heterocycles. The van der Waals surface area contributed by atoms with Gasteiger partial charge in [-0.2, -0.15) is 0 Å². The van der Waals surface area contributed by atoms with Crippen LogP contribution in [-0.4, -0.2) is 29.0 Å². The van der Waals surface area contributed by atoms with Crippen LogP contribution in [-0.2, 0) is 4.79 Å². The minimum absolute atomic E-state index is 0.219. The molecule has 4 rings (SSSR count). The number of anilines is 1. The fourth-order valence-electron chi connectivity index (χ4n) is 2.52. The summed E-state index contributed by atoms with van der Waals surface area (Å²) in [7, 11) is 0. The maximum Gasteiger partial charge on any atom is 0.321 e. The summed E-state index contributed by atoms with van der Waals surface area (Å²) in [5, 5.41) is 8.16. The molecule has 2 aliphatic carbocycles. The monoisotopic (exact) mass is 328 g/mol. The fraction of sp³-hybridized carbons (Fsp3) is 0.471. The van der Waals surface area contributed by atoms with Crippen molar-refractivity contribution in [1.29, 1.82) is 0 Å². The molecule has 3 amide bonds. The van der Waals surface area contributed by atoms with E-state index in [9.17, 15) is 9.59 Å². The van der Waals surface area contributed by atoms with Crippen molar-refractivity contribution in [3.8, 4) is 0 Å². The highest BCUT2D eigenvalue weighted by Crippen LogP contribution is 2.40. The highest BCUT2D eigenvalue weighted by molar-refractivity contribution is 5.98. The van der Waals surface area contributed by atoms with Gasteiger partial charge in [-0.05, 0) is 50.8 Å². The molecule has 2 saturated carbocycles. The Kier molecular flexibility index (Phi) is 3.63. The fourth-order valence-corrected chi connectivity index (χ4v) is 2.52. The predicted octanol–water partition coefficient (Wildman–Crippen LogP) is 2.49. The van der Waals surface area contributed by atoms with Crippen molar-refractivity contribution in [2.45, 2.75) is 50.6 Å². The number of hydrogen-bond donors (Lipinski definition) is 3. The van der Waals surface area contributed by atoms with Crippen molar-refractivity contribution in [1.82, 2.24) is 15.6 Å². The van der Waals surface area contributed by atoms with Crippen LogP contribution in [0.4, 0.5) is 10.5 Å². The van der Waals surface area contributed by atoms with Crippen LogP contribution >= 0.6 is 0 Å². The summed E-state index contributed by atoms with van der Waals surface area (Å²) in [6, 6.07) is 4.80. The van der Waals surface area contributed by atoms with Gasteiger partial charge in [0.2, 0.25) is 5.91 Å². The topological polar surface area (TPSA) is 96.3 Å². The SMILES string of the molecule is C[C@H](Nc1ccc2oc(C3CC3)nc2c1)C(=O)NC(=O)NC1CC1. The summed E-state index contributed by atoms with van der Waals surface area (Å²) >= 11 is 0. The first-order valence-electron chi connectivity index (χ1n) is 8.37. The van der Waals surface area contributed by atoms with Crippen LogP contribution in [0.5, 0.6) is 0 Å². The summed E-state index contributed by atoms with van der Waals surface area (Å²) in [5.74, 6) is 0.889. The van der Waals surface area contributed by atoms with Gasteiger partial charge in [-0.15, -0.1) is 0 Å². The van der Waals surface area contributed by atoms with Gasteiger partial charge in [-0.25, -0.2) is 9.78 Å².